The third-order valence-corrected chi connectivity index (χ3v) is 7.75. The largest absolute Gasteiger partial charge is 0.372 e. The lowest BCUT2D eigenvalue weighted by atomic mass is 9.90. The van der Waals surface area contributed by atoms with Crippen LogP contribution in [-0.4, -0.2) is 41.6 Å². The molecule has 1 aliphatic carbocycles. The summed E-state index contributed by atoms with van der Waals surface area (Å²) in [6.45, 7) is 2.60. The zero-order valence-electron chi connectivity index (χ0n) is 17.8. The van der Waals surface area contributed by atoms with Gasteiger partial charge in [0, 0.05) is 43.3 Å². The number of carbonyl (C=O) groups excluding carboxylic acids is 2. The summed E-state index contributed by atoms with van der Waals surface area (Å²) in [6.07, 6.45) is 8.80. The van der Waals surface area contributed by atoms with Crippen LogP contribution in [0, 0.1) is 5.92 Å². The van der Waals surface area contributed by atoms with Crippen LogP contribution in [0.1, 0.15) is 62.3 Å². The second-order valence-electron chi connectivity index (χ2n) is 8.89. The van der Waals surface area contributed by atoms with Gasteiger partial charge in [-0.25, -0.2) is 0 Å². The molecule has 2 aromatic rings. The molecule has 3 fully saturated rings. The SMILES string of the molecule is O=C(Nc1nnc(C2CCCCC2)s1)C1CC(=O)N(c2ccc(N3CCCC3)cc2)C1. The fraction of sp³-hybridized carbons (Fsp3) is 0.565. The molecule has 1 N–H and O–H groups in total. The Morgan fingerprint density at radius 1 is 0.968 bits per heavy atom. The molecule has 8 heteroatoms. The average molecular weight is 440 g/mol. The van der Waals surface area contributed by atoms with Crippen LogP contribution >= 0.6 is 11.3 Å². The van der Waals surface area contributed by atoms with E-state index in [-0.39, 0.29) is 24.2 Å². The molecule has 1 unspecified atom stereocenters. The molecule has 7 nitrogen and oxygen atoms in total. The lowest BCUT2D eigenvalue weighted by Crippen LogP contribution is -2.28. The maximum absolute atomic E-state index is 12.8. The molecule has 31 heavy (non-hydrogen) atoms. The summed E-state index contributed by atoms with van der Waals surface area (Å²) in [5.41, 5.74) is 2.06. The van der Waals surface area contributed by atoms with E-state index in [0.29, 0.717) is 17.6 Å². The van der Waals surface area contributed by atoms with Crippen molar-refractivity contribution in [2.24, 2.45) is 5.92 Å². The Kier molecular flexibility index (Phi) is 5.89. The number of carbonyl (C=O) groups is 2. The Morgan fingerprint density at radius 3 is 2.42 bits per heavy atom. The first-order chi connectivity index (χ1) is 15.2. The highest BCUT2D eigenvalue weighted by Gasteiger charge is 2.35. The normalized spacial score (nSPS) is 22.3. The van der Waals surface area contributed by atoms with Crippen LogP contribution in [0.3, 0.4) is 0 Å². The quantitative estimate of drug-likeness (QED) is 0.756. The molecule has 3 heterocycles. The van der Waals surface area contributed by atoms with Crippen molar-refractivity contribution in [1.29, 1.82) is 0 Å². The summed E-state index contributed by atoms with van der Waals surface area (Å²) in [5, 5.41) is 13.0. The van der Waals surface area contributed by atoms with Crippen LogP contribution in [-0.2, 0) is 9.59 Å². The van der Waals surface area contributed by atoms with Crippen molar-refractivity contribution in [3.05, 3.63) is 29.3 Å². The molecule has 0 radical (unpaired) electrons. The Balaban J connectivity index is 1.19. The molecule has 1 aromatic carbocycles. The number of rotatable bonds is 5. The molecule has 2 saturated heterocycles. The summed E-state index contributed by atoms with van der Waals surface area (Å²) in [6, 6.07) is 8.14. The number of benzene rings is 1. The molecule has 2 aliphatic heterocycles. The zero-order chi connectivity index (χ0) is 21.2. The molecular formula is C23H29N5O2S. The number of nitrogens with zero attached hydrogens (tertiary/aromatic N) is 4. The molecule has 1 atom stereocenters. The van der Waals surface area contributed by atoms with E-state index in [1.807, 2.05) is 12.1 Å². The average Bonchev–Trinajstić information content (AvgIpc) is 3.56. The smallest absolute Gasteiger partial charge is 0.231 e. The molecule has 3 aliphatic rings. The van der Waals surface area contributed by atoms with Crippen LogP contribution < -0.4 is 15.1 Å². The van der Waals surface area contributed by atoms with Gasteiger partial charge in [0.15, 0.2) is 0 Å². The van der Waals surface area contributed by atoms with Crippen LogP contribution in [0.15, 0.2) is 24.3 Å². The van der Waals surface area contributed by atoms with E-state index < -0.39 is 0 Å². The minimum absolute atomic E-state index is 0.00534. The van der Waals surface area contributed by atoms with E-state index in [1.165, 1.54) is 49.1 Å². The van der Waals surface area contributed by atoms with Crippen LogP contribution in [0.4, 0.5) is 16.5 Å². The molecule has 5 rings (SSSR count). The van der Waals surface area contributed by atoms with Gasteiger partial charge in [-0.05, 0) is 49.9 Å². The van der Waals surface area contributed by atoms with Crippen molar-refractivity contribution < 1.29 is 9.59 Å². The van der Waals surface area contributed by atoms with Gasteiger partial charge in [0.05, 0.1) is 5.92 Å². The van der Waals surface area contributed by atoms with Crippen LogP contribution in [0.25, 0.3) is 0 Å². The number of hydrogen-bond acceptors (Lipinski definition) is 6. The minimum Gasteiger partial charge on any atom is -0.372 e. The number of hydrogen-bond donors (Lipinski definition) is 1. The Morgan fingerprint density at radius 2 is 1.68 bits per heavy atom. The highest BCUT2D eigenvalue weighted by atomic mass is 32.1. The Bertz CT molecular complexity index is 932. The fourth-order valence-electron chi connectivity index (χ4n) is 4.96. The third-order valence-electron chi connectivity index (χ3n) is 6.75. The minimum atomic E-state index is -0.368. The second kappa shape index (κ2) is 8.94. The van der Waals surface area contributed by atoms with E-state index in [0.717, 1.165) is 36.6 Å². The molecule has 164 valence electrons. The predicted octanol–water partition coefficient (Wildman–Crippen LogP) is 4.18. The van der Waals surface area contributed by atoms with Crippen molar-refractivity contribution in [3.63, 3.8) is 0 Å². The number of amides is 2. The molecule has 0 bridgehead atoms. The van der Waals surface area contributed by atoms with E-state index in [4.69, 9.17) is 0 Å². The van der Waals surface area contributed by atoms with Gasteiger partial charge in [-0.2, -0.15) is 0 Å². The maximum Gasteiger partial charge on any atom is 0.231 e. The van der Waals surface area contributed by atoms with E-state index in [9.17, 15) is 9.59 Å². The summed E-state index contributed by atoms with van der Waals surface area (Å²) in [5.74, 6) is -0.0399. The molecule has 1 aromatic heterocycles. The Labute approximate surface area is 186 Å². The standard InChI is InChI=1S/C23H29N5O2S/c29-20-14-17(15-28(20)19-10-8-18(9-11-19)27-12-4-5-13-27)21(30)24-23-26-25-22(31-23)16-6-2-1-3-7-16/h8-11,16-17H,1-7,12-15H2,(H,24,26,30). The first kappa shape index (κ1) is 20.4. The molecule has 1 saturated carbocycles. The lowest BCUT2D eigenvalue weighted by Gasteiger charge is -2.20. The Hall–Kier alpha value is -2.48. The molecule has 2 amide bonds. The predicted molar refractivity (Wildman–Crippen MR) is 123 cm³/mol. The highest BCUT2D eigenvalue weighted by Crippen LogP contribution is 2.35. The molecular weight excluding hydrogens is 410 g/mol. The number of aromatic nitrogens is 2. The van der Waals surface area contributed by atoms with Gasteiger partial charge >= 0.3 is 0 Å². The monoisotopic (exact) mass is 439 g/mol. The van der Waals surface area contributed by atoms with Crippen molar-refractivity contribution in [2.45, 2.75) is 57.3 Å². The van der Waals surface area contributed by atoms with Crippen molar-refractivity contribution >= 4 is 39.7 Å². The van der Waals surface area contributed by atoms with Crippen LogP contribution in [0.2, 0.25) is 0 Å². The second-order valence-corrected chi connectivity index (χ2v) is 9.89. The van der Waals surface area contributed by atoms with Crippen molar-refractivity contribution in [1.82, 2.24) is 10.2 Å². The van der Waals surface area contributed by atoms with E-state index >= 15 is 0 Å². The topological polar surface area (TPSA) is 78.4 Å². The number of anilines is 3. The number of nitrogens with one attached hydrogen (secondary N) is 1. The summed E-state index contributed by atoms with van der Waals surface area (Å²) < 4.78 is 0. The van der Waals surface area contributed by atoms with Gasteiger partial charge < -0.3 is 15.1 Å². The van der Waals surface area contributed by atoms with E-state index in [1.54, 1.807) is 4.90 Å². The van der Waals surface area contributed by atoms with Gasteiger partial charge in [-0.1, -0.05) is 30.6 Å². The zero-order valence-corrected chi connectivity index (χ0v) is 18.6. The molecule has 0 spiro atoms. The lowest BCUT2D eigenvalue weighted by molar-refractivity contribution is -0.122. The first-order valence-corrected chi connectivity index (χ1v) is 12.3. The van der Waals surface area contributed by atoms with Crippen molar-refractivity contribution in [2.75, 3.05) is 34.8 Å². The summed E-state index contributed by atoms with van der Waals surface area (Å²) >= 11 is 1.48. The van der Waals surface area contributed by atoms with E-state index in [2.05, 4.69) is 32.5 Å². The van der Waals surface area contributed by atoms with Crippen LogP contribution in [0.5, 0.6) is 0 Å². The third kappa shape index (κ3) is 4.44. The summed E-state index contributed by atoms with van der Waals surface area (Å²) in [4.78, 5) is 29.5. The summed E-state index contributed by atoms with van der Waals surface area (Å²) in [7, 11) is 0. The van der Waals surface area contributed by atoms with Gasteiger partial charge in [-0.15, -0.1) is 10.2 Å². The highest BCUT2D eigenvalue weighted by molar-refractivity contribution is 7.15. The fourth-order valence-corrected chi connectivity index (χ4v) is 5.87. The maximum atomic E-state index is 12.8. The first-order valence-electron chi connectivity index (χ1n) is 11.5. The van der Waals surface area contributed by atoms with Gasteiger partial charge in [0.25, 0.3) is 0 Å². The van der Waals surface area contributed by atoms with Gasteiger partial charge in [-0.3, -0.25) is 9.59 Å². The van der Waals surface area contributed by atoms with Gasteiger partial charge in [0.1, 0.15) is 5.01 Å². The van der Waals surface area contributed by atoms with Gasteiger partial charge in [0.2, 0.25) is 16.9 Å². The van der Waals surface area contributed by atoms with Crippen molar-refractivity contribution in [3.8, 4) is 0 Å².